The molecule has 0 heterocycles. The molecule has 2 atom stereocenters. The third-order valence-electron chi connectivity index (χ3n) is 15.8. The molecule has 0 bridgehead atoms. The summed E-state index contributed by atoms with van der Waals surface area (Å²) in [5, 5.41) is 0. The summed E-state index contributed by atoms with van der Waals surface area (Å²) in [5.41, 5.74) is 0. The Labute approximate surface area is 515 Å². The van der Waals surface area contributed by atoms with Gasteiger partial charge in [0.2, 0.25) is 0 Å². The molecule has 0 aromatic rings. The number of rotatable bonds is 66. The van der Waals surface area contributed by atoms with Gasteiger partial charge in [0.1, 0.15) is 19.8 Å². The molecule has 0 amide bonds. The highest BCUT2D eigenvalue weighted by Crippen LogP contribution is 2.43. The van der Waals surface area contributed by atoms with Crippen molar-refractivity contribution in [3.8, 4) is 0 Å². The summed E-state index contributed by atoms with van der Waals surface area (Å²) in [5.74, 6) is -0.785. The van der Waals surface area contributed by atoms with Gasteiger partial charge in [0, 0.05) is 12.8 Å². The van der Waals surface area contributed by atoms with Crippen LogP contribution in [0.3, 0.4) is 0 Å². The summed E-state index contributed by atoms with van der Waals surface area (Å²) in [6, 6.07) is 0. The largest absolute Gasteiger partial charge is 0.472 e. The SMILES string of the molecule is CC/C=C\C/C=C\C/C=C\C/C=C\CCCCCCCCCCCCCCCCCCCCCCCCCCCCCCC(=O)OC(COC(=O)CCCCCCCCC/C=C\CCCCCCCCC)COP(=O)(O)OCC[N+](C)(C)C. The minimum atomic E-state index is -4.39. The smallest absolute Gasteiger partial charge is 0.462 e. The van der Waals surface area contributed by atoms with E-state index in [4.69, 9.17) is 18.5 Å². The van der Waals surface area contributed by atoms with Crippen molar-refractivity contribution >= 4 is 19.8 Å². The third kappa shape index (κ3) is 68.7. The van der Waals surface area contributed by atoms with Crippen molar-refractivity contribution in [2.45, 2.75) is 347 Å². The molecule has 0 radical (unpaired) electrons. The highest BCUT2D eigenvalue weighted by atomic mass is 31.2. The van der Waals surface area contributed by atoms with Crippen LogP contribution in [0.2, 0.25) is 0 Å². The molecule has 9 nitrogen and oxygen atoms in total. The van der Waals surface area contributed by atoms with Crippen LogP contribution in [0.5, 0.6) is 0 Å². The first-order chi connectivity index (χ1) is 40.5. The number of likely N-dealkylation sites (N-methyl/N-ethyl adjacent to an activating group) is 1. The molecule has 0 aliphatic rings. The zero-order valence-corrected chi connectivity index (χ0v) is 56.3. The molecule has 0 rings (SSSR count). The van der Waals surface area contributed by atoms with Crippen LogP contribution in [-0.4, -0.2) is 74.9 Å². The fraction of sp³-hybridized carbons (Fsp3) is 0.836. The summed E-state index contributed by atoms with van der Waals surface area (Å²) >= 11 is 0. The molecule has 486 valence electrons. The number of phosphoric acid groups is 1. The highest BCUT2D eigenvalue weighted by molar-refractivity contribution is 7.47. The van der Waals surface area contributed by atoms with Crippen LogP contribution in [-0.2, 0) is 32.7 Å². The molecule has 0 aliphatic heterocycles. The van der Waals surface area contributed by atoms with E-state index in [2.05, 4.69) is 74.6 Å². The van der Waals surface area contributed by atoms with E-state index in [9.17, 15) is 19.0 Å². The topological polar surface area (TPSA) is 108 Å². The number of nitrogens with zero attached hydrogens (tertiary/aromatic N) is 1. The van der Waals surface area contributed by atoms with Gasteiger partial charge in [0.05, 0.1) is 27.7 Å². The lowest BCUT2D eigenvalue weighted by molar-refractivity contribution is -0.870. The zero-order valence-electron chi connectivity index (χ0n) is 55.4. The van der Waals surface area contributed by atoms with Crippen molar-refractivity contribution in [1.29, 1.82) is 0 Å². The molecular weight excluding hydrogens is 1050 g/mol. The molecular formula is C73H137NO8P+. The number of phosphoric ester groups is 1. The van der Waals surface area contributed by atoms with Gasteiger partial charge in [-0.25, -0.2) is 4.57 Å². The molecule has 10 heteroatoms. The Hall–Kier alpha value is -2.29. The van der Waals surface area contributed by atoms with E-state index >= 15 is 0 Å². The van der Waals surface area contributed by atoms with Crippen LogP contribution in [0.25, 0.3) is 0 Å². The molecule has 0 saturated heterocycles. The lowest BCUT2D eigenvalue weighted by Gasteiger charge is -2.24. The van der Waals surface area contributed by atoms with Crippen molar-refractivity contribution in [2.75, 3.05) is 47.5 Å². The maximum absolute atomic E-state index is 12.9. The van der Waals surface area contributed by atoms with E-state index in [1.165, 1.54) is 250 Å². The Kier molecular flexibility index (Phi) is 62.4. The van der Waals surface area contributed by atoms with Crippen LogP contribution in [0.1, 0.15) is 341 Å². The summed E-state index contributed by atoms with van der Waals surface area (Å²) in [4.78, 5) is 35.8. The molecule has 0 aromatic carbocycles. The highest BCUT2D eigenvalue weighted by Gasteiger charge is 2.27. The van der Waals surface area contributed by atoms with Gasteiger partial charge in [-0.15, -0.1) is 0 Å². The second kappa shape index (κ2) is 64.2. The van der Waals surface area contributed by atoms with Crippen molar-refractivity contribution in [2.24, 2.45) is 0 Å². The average Bonchev–Trinajstić information content (AvgIpc) is 3.48. The Morgan fingerprint density at radius 3 is 1.04 bits per heavy atom. The molecule has 0 fully saturated rings. The number of quaternary nitrogens is 1. The molecule has 2 unspecified atom stereocenters. The van der Waals surface area contributed by atoms with Crippen LogP contribution >= 0.6 is 7.82 Å². The minimum absolute atomic E-state index is 0.0329. The lowest BCUT2D eigenvalue weighted by atomic mass is 10.0. The number of allylic oxidation sites excluding steroid dienone is 10. The number of unbranched alkanes of at least 4 members (excludes halogenated alkanes) is 42. The van der Waals surface area contributed by atoms with Crippen molar-refractivity contribution < 1.29 is 42.1 Å². The van der Waals surface area contributed by atoms with Crippen molar-refractivity contribution in [3.05, 3.63) is 60.8 Å². The van der Waals surface area contributed by atoms with E-state index in [0.29, 0.717) is 17.4 Å². The molecule has 0 aliphatic carbocycles. The normalized spacial score (nSPS) is 13.5. The summed E-state index contributed by atoms with van der Waals surface area (Å²) in [7, 11) is 1.49. The Balaban J connectivity index is 3.88. The fourth-order valence-electron chi connectivity index (χ4n) is 10.4. The number of esters is 2. The summed E-state index contributed by atoms with van der Waals surface area (Å²) in [6.07, 6.45) is 84.9. The monoisotopic (exact) mass is 1190 g/mol. The zero-order chi connectivity index (χ0) is 60.5. The van der Waals surface area contributed by atoms with Crippen LogP contribution in [0.15, 0.2) is 60.8 Å². The van der Waals surface area contributed by atoms with Crippen molar-refractivity contribution in [1.82, 2.24) is 0 Å². The van der Waals surface area contributed by atoms with E-state index < -0.39 is 26.5 Å². The van der Waals surface area contributed by atoms with Gasteiger partial charge >= 0.3 is 19.8 Å². The fourth-order valence-corrected chi connectivity index (χ4v) is 11.1. The summed E-state index contributed by atoms with van der Waals surface area (Å²) in [6.45, 7) is 4.36. The number of carbonyl (C=O) groups excluding carboxylic acids is 2. The molecule has 1 N–H and O–H groups in total. The second-order valence-corrected chi connectivity index (χ2v) is 26.7. The Bertz CT molecular complexity index is 1580. The van der Waals surface area contributed by atoms with Gasteiger partial charge in [-0.05, 0) is 77.0 Å². The van der Waals surface area contributed by atoms with Crippen molar-refractivity contribution in [3.63, 3.8) is 0 Å². The number of hydrogen-bond donors (Lipinski definition) is 1. The molecule has 0 aromatic heterocycles. The minimum Gasteiger partial charge on any atom is -0.462 e. The average molecular weight is 1190 g/mol. The quantitative estimate of drug-likeness (QED) is 0.0211. The van der Waals surface area contributed by atoms with Gasteiger partial charge in [0.25, 0.3) is 0 Å². The van der Waals surface area contributed by atoms with E-state index in [0.717, 1.165) is 57.8 Å². The first-order valence-corrected chi connectivity index (χ1v) is 37.0. The standard InChI is InChI=1S/C73H136NO8P/c1-6-8-10-12-14-16-18-20-22-24-26-27-28-29-30-31-32-33-34-35-36-37-38-39-40-41-42-43-44-45-46-47-48-50-52-54-56-58-60-62-64-66-73(76)82-71(70-81-83(77,78)80-68-67-74(3,4)5)69-79-72(75)65-63-61-59-57-55-53-51-49-25-23-21-19-17-15-13-11-9-7-2/h8,10,14,16,20,22-23,25-27,71H,6-7,9,11-13,15,17-19,21,24,28-70H2,1-5H3/p+1/b10-8-,16-14-,22-20-,25-23-,27-26-. The maximum atomic E-state index is 12.9. The van der Waals surface area contributed by atoms with Gasteiger partial charge in [-0.3, -0.25) is 18.6 Å². The lowest BCUT2D eigenvalue weighted by Crippen LogP contribution is -2.37. The van der Waals surface area contributed by atoms with Crippen LogP contribution < -0.4 is 0 Å². The van der Waals surface area contributed by atoms with Gasteiger partial charge in [-0.2, -0.15) is 0 Å². The second-order valence-electron chi connectivity index (χ2n) is 25.2. The van der Waals surface area contributed by atoms with E-state index in [1.54, 1.807) is 0 Å². The number of ether oxygens (including phenoxy) is 2. The molecule has 83 heavy (non-hydrogen) atoms. The first kappa shape index (κ1) is 80.7. The molecule has 0 spiro atoms. The van der Waals surface area contributed by atoms with Crippen LogP contribution in [0, 0.1) is 0 Å². The Morgan fingerprint density at radius 2 is 0.687 bits per heavy atom. The van der Waals surface area contributed by atoms with Gasteiger partial charge < -0.3 is 18.9 Å². The first-order valence-electron chi connectivity index (χ1n) is 35.5. The predicted molar refractivity (Wildman–Crippen MR) is 358 cm³/mol. The van der Waals surface area contributed by atoms with Gasteiger partial charge in [-0.1, -0.05) is 312 Å². The predicted octanol–water partition coefficient (Wildman–Crippen LogP) is 23.0. The number of hydrogen-bond acceptors (Lipinski definition) is 7. The molecule has 0 saturated carbocycles. The summed E-state index contributed by atoms with van der Waals surface area (Å²) < 4.78 is 34.7. The van der Waals surface area contributed by atoms with Crippen LogP contribution in [0.4, 0.5) is 0 Å². The van der Waals surface area contributed by atoms with E-state index in [-0.39, 0.29) is 32.0 Å². The van der Waals surface area contributed by atoms with E-state index in [1.807, 2.05) is 21.1 Å². The van der Waals surface area contributed by atoms with Gasteiger partial charge in [0.15, 0.2) is 6.10 Å². The Morgan fingerprint density at radius 1 is 0.386 bits per heavy atom. The number of carbonyl (C=O) groups is 2. The third-order valence-corrected chi connectivity index (χ3v) is 16.8. The maximum Gasteiger partial charge on any atom is 0.472 e.